The molecule has 0 unspecified atom stereocenters. The summed E-state index contributed by atoms with van der Waals surface area (Å²) in [6, 6.07) is 5.74. The molecule has 2 N–H and O–H groups in total. The van der Waals surface area contributed by atoms with Gasteiger partial charge in [0, 0.05) is 5.46 Å². The summed E-state index contributed by atoms with van der Waals surface area (Å²) in [5.41, 5.74) is 0.339. The van der Waals surface area contributed by atoms with Crippen LogP contribution in [0.4, 0.5) is 4.39 Å². The number of nitriles is 1. The lowest BCUT2D eigenvalue weighted by Gasteiger charge is -2.02. The zero-order chi connectivity index (χ0) is 9.84. The predicted molar refractivity (Wildman–Crippen MR) is 45.5 cm³/mol. The zero-order valence-electron chi connectivity index (χ0n) is 6.74. The summed E-state index contributed by atoms with van der Waals surface area (Å²) >= 11 is 0. The Labute approximate surface area is 75.2 Å². The molecular weight excluding hydrogens is 172 g/mol. The molecule has 3 nitrogen and oxygen atoms in total. The van der Waals surface area contributed by atoms with Crippen LogP contribution in [0.15, 0.2) is 18.2 Å². The largest absolute Gasteiger partial charge is 0.491 e. The number of nitrogens with zero attached hydrogens (tertiary/aromatic N) is 1. The Morgan fingerprint density at radius 3 is 2.62 bits per heavy atom. The van der Waals surface area contributed by atoms with Crippen LogP contribution >= 0.6 is 0 Å². The van der Waals surface area contributed by atoms with Crippen LogP contribution in [0.2, 0.25) is 0 Å². The van der Waals surface area contributed by atoms with Gasteiger partial charge in [-0.2, -0.15) is 5.26 Å². The highest BCUT2D eigenvalue weighted by Gasteiger charge is 2.15. The third-order valence-electron chi connectivity index (χ3n) is 1.63. The second kappa shape index (κ2) is 4.03. The van der Waals surface area contributed by atoms with E-state index < -0.39 is 12.9 Å². The topological polar surface area (TPSA) is 64.2 Å². The van der Waals surface area contributed by atoms with Gasteiger partial charge in [0.2, 0.25) is 0 Å². The maximum absolute atomic E-state index is 13.0. The maximum atomic E-state index is 13.0. The van der Waals surface area contributed by atoms with E-state index >= 15 is 0 Å². The van der Waals surface area contributed by atoms with Gasteiger partial charge in [-0.05, 0) is 11.6 Å². The van der Waals surface area contributed by atoms with Crippen molar-refractivity contribution in [2.75, 3.05) is 0 Å². The number of hydrogen-bond acceptors (Lipinski definition) is 3. The van der Waals surface area contributed by atoms with Crippen LogP contribution in [-0.2, 0) is 6.42 Å². The number of halogens is 1. The molecule has 0 aliphatic heterocycles. The molecule has 13 heavy (non-hydrogen) atoms. The minimum absolute atomic E-state index is 0.110. The monoisotopic (exact) mass is 179 g/mol. The van der Waals surface area contributed by atoms with Gasteiger partial charge in [-0.3, -0.25) is 0 Å². The summed E-state index contributed by atoms with van der Waals surface area (Å²) in [5.74, 6) is -0.706. The van der Waals surface area contributed by atoms with Crippen molar-refractivity contribution in [3.8, 4) is 6.07 Å². The van der Waals surface area contributed by atoms with Crippen LogP contribution in [-0.4, -0.2) is 17.2 Å². The molecule has 0 aliphatic carbocycles. The Balaban J connectivity index is 3.00. The lowest BCUT2D eigenvalue weighted by Crippen LogP contribution is -2.32. The summed E-state index contributed by atoms with van der Waals surface area (Å²) in [4.78, 5) is 0. The van der Waals surface area contributed by atoms with Crippen molar-refractivity contribution in [1.29, 1.82) is 5.26 Å². The van der Waals surface area contributed by atoms with E-state index in [-0.39, 0.29) is 11.9 Å². The van der Waals surface area contributed by atoms with Crippen molar-refractivity contribution in [2.24, 2.45) is 0 Å². The molecule has 0 fully saturated rings. The van der Waals surface area contributed by atoms with Crippen LogP contribution in [0.5, 0.6) is 0 Å². The smallest absolute Gasteiger partial charge is 0.423 e. The average Bonchev–Trinajstić information content (AvgIpc) is 2.04. The third kappa shape index (κ3) is 2.28. The molecule has 5 heteroatoms. The molecule has 1 aromatic rings. The van der Waals surface area contributed by atoms with E-state index in [1.807, 2.05) is 6.07 Å². The lowest BCUT2D eigenvalue weighted by molar-refractivity contribution is 0.423. The van der Waals surface area contributed by atoms with Gasteiger partial charge >= 0.3 is 7.12 Å². The number of rotatable bonds is 2. The van der Waals surface area contributed by atoms with E-state index in [2.05, 4.69) is 0 Å². The van der Waals surface area contributed by atoms with E-state index in [0.717, 1.165) is 6.07 Å². The summed E-state index contributed by atoms with van der Waals surface area (Å²) < 4.78 is 13.0. The van der Waals surface area contributed by atoms with Gasteiger partial charge in [-0.1, -0.05) is 12.1 Å². The molecule has 66 valence electrons. The maximum Gasteiger partial charge on any atom is 0.491 e. The van der Waals surface area contributed by atoms with Crippen LogP contribution < -0.4 is 5.46 Å². The second-order valence-corrected chi connectivity index (χ2v) is 2.56. The first-order valence-electron chi connectivity index (χ1n) is 3.66. The molecule has 1 aromatic carbocycles. The predicted octanol–water partition coefficient (Wildman–Crippen LogP) is -0.428. The SMILES string of the molecule is N#CCc1ccc(B(O)O)c(F)c1. The van der Waals surface area contributed by atoms with Gasteiger partial charge in [-0.25, -0.2) is 4.39 Å². The highest BCUT2D eigenvalue weighted by molar-refractivity contribution is 6.58. The fraction of sp³-hybridized carbons (Fsp3) is 0.125. The number of hydrogen-bond donors (Lipinski definition) is 2. The van der Waals surface area contributed by atoms with Crippen molar-refractivity contribution in [3.05, 3.63) is 29.6 Å². The Morgan fingerprint density at radius 2 is 2.15 bits per heavy atom. The standard InChI is InChI=1S/C8H7BFNO2/c10-8-5-6(3-4-11)1-2-7(8)9(12)13/h1-2,5,12-13H,3H2. The Hall–Kier alpha value is -1.38. The average molecular weight is 179 g/mol. The third-order valence-corrected chi connectivity index (χ3v) is 1.63. The molecule has 0 heterocycles. The van der Waals surface area contributed by atoms with E-state index in [1.54, 1.807) is 0 Å². The minimum atomic E-state index is -1.81. The zero-order valence-corrected chi connectivity index (χ0v) is 6.74. The summed E-state index contributed by atoms with van der Waals surface area (Å²) in [6.07, 6.45) is 0.110. The van der Waals surface area contributed by atoms with Gasteiger partial charge < -0.3 is 10.0 Å². The van der Waals surface area contributed by atoms with E-state index in [1.165, 1.54) is 12.1 Å². The molecule has 0 spiro atoms. The Kier molecular flexibility index (Phi) is 3.01. The molecule has 0 saturated heterocycles. The summed E-state index contributed by atoms with van der Waals surface area (Å²) in [6.45, 7) is 0. The first kappa shape index (κ1) is 9.71. The van der Waals surface area contributed by atoms with Gasteiger partial charge in [0.1, 0.15) is 5.82 Å². The quantitative estimate of drug-likeness (QED) is 0.605. The molecule has 1 rings (SSSR count). The molecule has 0 aromatic heterocycles. The van der Waals surface area contributed by atoms with Crippen molar-refractivity contribution in [2.45, 2.75) is 6.42 Å². The minimum Gasteiger partial charge on any atom is -0.423 e. The highest BCUT2D eigenvalue weighted by Crippen LogP contribution is 2.02. The molecule has 0 atom stereocenters. The molecular formula is C8H7BFNO2. The van der Waals surface area contributed by atoms with E-state index in [4.69, 9.17) is 15.3 Å². The van der Waals surface area contributed by atoms with Gasteiger partial charge in [0.05, 0.1) is 12.5 Å². The van der Waals surface area contributed by atoms with Crippen molar-refractivity contribution < 1.29 is 14.4 Å². The van der Waals surface area contributed by atoms with E-state index in [9.17, 15) is 4.39 Å². The van der Waals surface area contributed by atoms with Crippen molar-refractivity contribution in [1.82, 2.24) is 0 Å². The number of benzene rings is 1. The molecule has 0 bridgehead atoms. The second-order valence-electron chi connectivity index (χ2n) is 2.56. The van der Waals surface area contributed by atoms with Crippen LogP contribution in [0.1, 0.15) is 5.56 Å². The highest BCUT2D eigenvalue weighted by atomic mass is 19.1. The van der Waals surface area contributed by atoms with Crippen LogP contribution in [0.3, 0.4) is 0 Å². The molecule has 0 aliphatic rings. The first-order chi connectivity index (χ1) is 6.15. The fourth-order valence-electron chi connectivity index (χ4n) is 0.981. The fourth-order valence-corrected chi connectivity index (χ4v) is 0.981. The lowest BCUT2D eigenvalue weighted by atomic mass is 9.79. The van der Waals surface area contributed by atoms with Crippen molar-refractivity contribution >= 4 is 12.6 Å². The van der Waals surface area contributed by atoms with Gasteiger partial charge in [0.15, 0.2) is 0 Å². The summed E-state index contributed by atoms with van der Waals surface area (Å²) in [7, 11) is -1.81. The van der Waals surface area contributed by atoms with Gasteiger partial charge in [0.25, 0.3) is 0 Å². The van der Waals surface area contributed by atoms with E-state index in [0.29, 0.717) is 5.56 Å². The Morgan fingerprint density at radius 1 is 1.46 bits per heavy atom. The van der Waals surface area contributed by atoms with Crippen LogP contribution in [0, 0.1) is 17.1 Å². The van der Waals surface area contributed by atoms with Gasteiger partial charge in [-0.15, -0.1) is 0 Å². The molecule has 0 saturated carbocycles. The molecule has 0 radical (unpaired) electrons. The summed E-state index contributed by atoms with van der Waals surface area (Å²) in [5, 5.41) is 25.7. The first-order valence-corrected chi connectivity index (χ1v) is 3.66. The van der Waals surface area contributed by atoms with Crippen molar-refractivity contribution in [3.63, 3.8) is 0 Å². The molecule has 0 amide bonds. The van der Waals surface area contributed by atoms with Crippen LogP contribution in [0.25, 0.3) is 0 Å². The Bertz CT molecular complexity index is 348. The normalized spacial score (nSPS) is 9.38.